The smallest absolute Gasteiger partial charge is 0.257 e. The Balaban J connectivity index is 1.59. The highest BCUT2D eigenvalue weighted by atomic mass is 19.1. The van der Waals surface area contributed by atoms with Crippen LogP contribution in [0.1, 0.15) is 27.9 Å². The Hall–Kier alpha value is -3.53. The lowest BCUT2D eigenvalue weighted by molar-refractivity contribution is 0.0945. The number of pyridine rings is 1. The van der Waals surface area contributed by atoms with Crippen molar-refractivity contribution in [2.75, 3.05) is 18.4 Å². The summed E-state index contributed by atoms with van der Waals surface area (Å²) in [5, 5.41) is 15.8. The van der Waals surface area contributed by atoms with E-state index in [0.717, 1.165) is 28.6 Å². The number of rotatable bonds is 6. The number of benzene rings is 2. The van der Waals surface area contributed by atoms with Gasteiger partial charge in [-0.2, -0.15) is 5.26 Å². The molecule has 7 heteroatoms. The van der Waals surface area contributed by atoms with Crippen molar-refractivity contribution in [3.05, 3.63) is 70.8 Å². The number of anilines is 1. The lowest BCUT2D eigenvalue weighted by atomic mass is 10.1. The second kappa shape index (κ2) is 8.44. The maximum Gasteiger partial charge on any atom is 0.257 e. The van der Waals surface area contributed by atoms with Crippen LogP contribution in [-0.2, 0) is 0 Å². The summed E-state index contributed by atoms with van der Waals surface area (Å²) in [6.07, 6.45) is 0.486. The van der Waals surface area contributed by atoms with Gasteiger partial charge in [-0.1, -0.05) is 24.3 Å². The fourth-order valence-electron chi connectivity index (χ4n) is 2.87. The van der Waals surface area contributed by atoms with E-state index >= 15 is 0 Å². The van der Waals surface area contributed by atoms with E-state index in [1.807, 2.05) is 25.1 Å². The standard InChI is InChI=1S/C21H18F2N4O/c1-13-5-2-6-14-11-15(12-24)20(27-19(13)14)25-9-4-10-26-21(28)18-16(22)7-3-8-17(18)23/h2-3,5-8,11H,4,9-10H2,1H3,(H,25,27)(H,26,28). The molecule has 1 aromatic heterocycles. The highest BCUT2D eigenvalue weighted by Crippen LogP contribution is 2.22. The Morgan fingerprint density at radius 3 is 2.57 bits per heavy atom. The van der Waals surface area contributed by atoms with Crippen molar-refractivity contribution < 1.29 is 13.6 Å². The SMILES string of the molecule is Cc1cccc2cc(C#N)c(NCCCNC(=O)c3c(F)cccc3F)nc12. The molecule has 5 nitrogen and oxygen atoms in total. The predicted octanol–water partition coefficient (Wildman–Crippen LogP) is 3.93. The molecule has 2 N–H and O–H groups in total. The predicted molar refractivity (Wildman–Crippen MR) is 103 cm³/mol. The second-order valence-corrected chi connectivity index (χ2v) is 6.28. The van der Waals surface area contributed by atoms with Gasteiger partial charge in [0, 0.05) is 18.5 Å². The van der Waals surface area contributed by atoms with Crippen LogP contribution < -0.4 is 10.6 Å². The topological polar surface area (TPSA) is 77.8 Å². The van der Waals surface area contributed by atoms with Crippen molar-refractivity contribution in [3.8, 4) is 6.07 Å². The van der Waals surface area contributed by atoms with E-state index in [0.29, 0.717) is 24.3 Å². The van der Waals surface area contributed by atoms with E-state index in [1.165, 1.54) is 6.07 Å². The Morgan fingerprint density at radius 2 is 1.86 bits per heavy atom. The van der Waals surface area contributed by atoms with E-state index in [-0.39, 0.29) is 6.54 Å². The third kappa shape index (κ3) is 4.07. The van der Waals surface area contributed by atoms with Crippen LogP contribution >= 0.6 is 0 Å². The number of nitrogens with zero attached hydrogens (tertiary/aromatic N) is 2. The van der Waals surface area contributed by atoms with Crippen molar-refractivity contribution in [2.45, 2.75) is 13.3 Å². The van der Waals surface area contributed by atoms with E-state index in [1.54, 1.807) is 6.07 Å². The Bertz CT molecular complexity index is 1060. The van der Waals surface area contributed by atoms with E-state index in [4.69, 9.17) is 0 Å². The highest BCUT2D eigenvalue weighted by Gasteiger charge is 2.16. The lowest BCUT2D eigenvalue weighted by Crippen LogP contribution is -2.27. The minimum absolute atomic E-state index is 0.216. The van der Waals surface area contributed by atoms with Crippen LogP contribution in [0, 0.1) is 29.9 Å². The van der Waals surface area contributed by atoms with Gasteiger partial charge in [0.15, 0.2) is 0 Å². The fourth-order valence-corrected chi connectivity index (χ4v) is 2.87. The lowest BCUT2D eigenvalue weighted by Gasteiger charge is -2.11. The van der Waals surface area contributed by atoms with Crippen molar-refractivity contribution in [3.63, 3.8) is 0 Å². The number of nitrogens with one attached hydrogen (secondary N) is 2. The van der Waals surface area contributed by atoms with Crippen LogP contribution in [0.3, 0.4) is 0 Å². The zero-order chi connectivity index (χ0) is 20.1. The van der Waals surface area contributed by atoms with Crippen LogP contribution in [0.25, 0.3) is 10.9 Å². The molecule has 28 heavy (non-hydrogen) atoms. The van der Waals surface area contributed by atoms with Gasteiger partial charge in [-0.05, 0) is 37.1 Å². The van der Waals surface area contributed by atoms with E-state index in [9.17, 15) is 18.8 Å². The number of carbonyl (C=O) groups is 1. The third-order valence-corrected chi connectivity index (χ3v) is 4.29. The number of hydrogen-bond donors (Lipinski definition) is 2. The maximum absolute atomic E-state index is 13.6. The van der Waals surface area contributed by atoms with Gasteiger partial charge in [0.05, 0.1) is 11.1 Å². The van der Waals surface area contributed by atoms with Gasteiger partial charge in [0.25, 0.3) is 5.91 Å². The summed E-state index contributed by atoms with van der Waals surface area (Å²) in [4.78, 5) is 16.5. The molecule has 0 aliphatic rings. The number of halogens is 2. The summed E-state index contributed by atoms with van der Waals surface area (Å²) < 4.78 is 27.2. The summed E-state index contributed by atoms with van der Waals surface area (Å²) in [5.41, 5.74) is 1.65. The number of aromatic nitrogens is 1. The largest absolute Gasteiger partial charge is 0.369 e. The van der Waals surface area contributed by atoms with Gasteiger partial charge in [-0.25, -0.2) is 13.8 Å². The second-order valence-electron chi connectivity index (χ2n) is 6.28. The third-order valence-electron chi connectivity index (χ3n) is 4.29. The number of carbonyl (C=O) groups excluding carboxylic acids is 1. The van der Waals surface area contributed by atoms with Crippen LogP contribution in [0.15, 0.2) is 42.5 Å². The number of nitriles is 1. The maximum atomic E-state index is 13.6. The normalized spacial score (nSPS) is 10.5. The first-order valence-corrected chi connectivity index (χ1v) is 8.78. The first-order valence-electron chi connectivity index (χ1n) is 8.78. The van der Waals surface area contributed by atoms with Crippen LogP contribution in [0.5, 0.6) is 0 Å². The molecule has 0 saturated carbocycles. The van der Waals surface area contributed by atoms with Crippen molar-refractivity contribution in [2.24, 2.45) is 0 Å². The summed E-state index contributed by atoms with van der Waals surface area (Å²) in [5.74, 6) is -2.13. The van der Waals surface area contributed by atoms with E-state index < -0.39 is 23.1 Å². The Labute approximate surface area is 161 Å². The quantitative estimate of drug-likeness (QED) is 0.636. The summed E-state index contributed by atoms with van der Waals surface area (Å²) in [6.45, 7) is 2.59. The van der Waals surface area contributed by atoms with Crippen molar-refractivity contribution in [1.29, 1.82) is 5.26 Å². The van der Waals surface area contributed by atoms with E-state index in [2.05, 4.69) is 21.7 Å². The molecule has 0 radical (unpaired) electrons. The van der Waals surface area contributed by atoms with Gasteiger partial charge in [0.2, 0.25) is 0 Å². The zero-order valence-electron chi connectivity index (χ0n) is 15.2. The van der Waals surface area contributed by atoms with Crippen LogP contribution in [0.2, 0.25) is 0 Å². The average Bonchev–Trinajstić information content (AvgIpc) is 2.67. The zero-order valence-corrected chi connectivity index (χ0v) is 15.2. The fraction of sp³-hybridized carbons (Fsp3) is 0.190. The molecule has 0 fully saturated rings. The molecular weight excluding hydrogens is 362 g/mol. The molecule has 0 aliphatic heterocycles. The first-order chi connectivity index (χ1) is 13.5. The van der Waals surface area contributed by atoms with Gasteiger partial charge in [-0.3, -0.25) is 4.79 Å². The molecule has 0 aliphatic carbocycles. The summed E-state index contributed by atoms with van der Waals surface area (Å²) in [7, 11) is 0. The minimum atomic E-state index is -0.898. The number of para-hydroxylation sites is 1. The first kappa shape index (κ1) is 19.2. The van der Waals surface area contributed by atoms with Gasteiger partial charge < -0.3 is 10.6 Å². The minimum Gasteiger partial charge on any atom is -0.369 e. The molecule has 1 amide bonds. The molecule has 2 aromatic carbocycles. The van der Waals surface area contributed by atoms with Crippen molar-refractivity contribution in [1.82, 2.24) is 10.3 Å². The molecule has 0 atom stereocenters. The van der Waals surface area contributed by atoms with Crippen LogP contribution in [0.4, 0.5) is 14.6 Å². The molecule has 0 saturated heterocycles. The molecule has 142 valence electrons. The molecule has 1 heterocycles. The number of aryl methyl sites for hydroxylation is 1. The van der Waals surface area contributed by atoms with Crippen LogP contribution in [-0.4, -0.2) is 24.0 Å². The molecule has 3 aromatic rings. The monoisotopic (exact) mass is 380 g/mol. The number of amides is 1. The highest BCUT2D eigenvalue weighted by molar-refractivity contribution is 5.94. The Kier molecular flexibility index (Phi) is 5.80. The average molecular weight is 380 g/mol. The summed E-state index contributed by atoms with van der Waals surface area (Å²) in [6, 6.07) is 12.9. The molecular formula is C21H18F2N4O. The molecule has 0 spiro atoms. The van der Waals surface area contributed by atoms with Gasteiger partial charge in [-0.15, -0.1) is 0 Å². The number of fused-ring (bicyclic) bond motifs is 1. The van der Waals surface area contributed by atoms with Gasteiger partial charge in [0.1, 0.15) is 29.1 Å². The molecule has 0 bridgehead atoms. The Morgan fingerprint density at radius 1 is 1.14 bits per heavy atom. The van der Waals surface area contributed by atoms with Gasteiger partial charge >= 0.3 is 0 Å². The van der Waals surface area contributed by atoms with Crippen molar-refractivity contribution >= 4 is 22.6 Å². The molecule has 3 rings (SSSR count). The molecule has 0 unspecified atom stereocenters. The number of hydrogen-bond acceptors (Lipinski definition) is 4. The summed E-state index contributed by atoms with van der Waals surface area (Å²) >= 11 is 0.